The Morgan fingerprint density at radius 2 is 1.69 bits per heavy atom. The highest BCUT2D eigenvalue weighted by Crippen LogP contribution is 2.47. The molecular weight excluding hydrogens is 685 g/mol. The van der Waals surface area contributed by atoms with Crippen LogP contribution < -0.4 is 10.4 Å². The van der Waals surface area contributed by atoms with Crippen LogP contribution in [-0.4, -0.2) is 49.0 Å². The van der Waals surface area contributed by atoms with E-state index in [1.807, 2.05) is 48.6 Å². The molecule has 52 heavy (non-hydrogen) atoms. The molecule has 3 aromatic carbocycles. The minimum absolute atomic E-state index is 0.0201. The number of ether oxygens (including phenoxy) is 2. The van der Waals surface area contributed by atoms with E-state index in [1.165, 1.54) is 15.0 Å². The monoisotopic (exact) mass is 736 g/mol. The number of ketones is 1. The van der Waals surface area contributed by atoms with Crippen LogP contribution >= 0.6 is 11.3 Å². The van der Waals surface area contributed by atoms with Gasteiger partial charge in [-0.15, -0.1) is 11.3 Å². The third-order valence-corrected chi connectivity index (χ3v) is 16.7. The molecule has 2 fully saturated rings. The highest BCUT2D eigenvalue weighted by atomic mass is 32.1. The van der Waals surface area contributed by atoms with Gasteiger partial charge in [0, 0.05) is 46.8 Å². The standard InChI is InChI=1S/C44H52O6SSi/c1-44(2,52(48,34-18-7-5-8-19-34)35-20-9-6-10-21-35)31-33(41-29-32-17-13-14-23-40(32)51-41)26-27-37-36(22-11-3-4-12-24-42(46)47)38(45)30-39(37)50-43-25-15-16-28-49-43/h3,5-11,13-14,17-21,23,26-27,29,33,36-37,39,43,48H,4,12,15-16,22,24-25,28,30-31H2,1-2H3,(H,46,47)/b11-3-,27-26+/t33-,36+,37+,39+,43?/m0/s1. The molecule has 0 radical (unpaired) electrons. The second-order valence-corrected chi connectivity index (χ2v) is 20.1. The van der Waals surface area contributed by atoms with Gasteiger partial charge in [-0.25, -0.2) is 0 Å². The minimum Gasteiger partial charge on any atom is -0.481 e. The first-order valence-corrected chi connectivity index (χ1v) is 21.6. The fraction of sp³-hybridized carbons (Fsp3) is 0.409. The molecule has 2 N–H and O–H groups in total. The van der Waals surface area contributed by atoms with Gasteiger partial charge in [0.15, 0.2) is 6.29 Å². The number of aliphatic carboxylic acids is 1. The molecule has 0 amide bonds. The number of allylic oxidation sites excluding steroid dienone is 3. The Bertz CT molecular complexity index is 1750. The van der Waals surface area contributed by atoms with Crippen LogP contribution in [0.3, 0.4) is 0 Å². The Morgan fingerprint density at radius 1 is 1.00 bits per heavy atom. The maximum atomic E-state index is 13.7. The number of thiophene rings is 1. The average molecular weight is 737 g/mol. The van der Waals surface area contributed by atoms with E-state index < -0.39 is 19.3 Å². The Morgan fingerprint density at radius 3 is 2.35 bits per heavy atom. The van der Waals surface area contributed by atoms with Gasteiger partial charge in [0.2, 0.25) is 0 Å². The lowest BCUT2D eigenvalue weighted by molar-refractivity contribution is -0.192. The fourth-order valence-electron chi connectivity index (χ4n) is 8.11. The summed E-state index contributed by atoms with van der Waals surface area (Å²) in [4.78, 5) is 39.0. The van der Waals surface area contributed by atoms with E-state index in [4.69, 9.17) is 14.6 Å². The molecule has 1 unspecified atom stereocenters. The molecule has 0 spiro atoms. The molecule has 6 rings (SSSR count). The first-order chi connectivity index (χ1) is 25.2. The molecule has 0 bridgehead atoms. The summed E-state index contributed by atoms with van der Waals surface area (Å²) in [6, 6.07) is 31.1. The number of carbonyl (C=O) groups excluding carboxylic acids is 1. The Labute approximate surface area is 313 Å². The van der Waals surface area contributed by atoms with Gasteiger partial charge in [-0.2, -0.15) is 0 Å². The zero-order valence-corrected chi connectivity index (χ0v) is 32.2. The van der Waals surface area contributed by atoms with Gasteiger partial charge in [-0.3, -0.25) is 9.59 Å². The van der Waals surface area contributed by atoms with Crippen LogP contribution in [0, 0.1) is 11.8 Å². The molecule has 1 saturated heterocycles. The first-order valence-electron chi connectivity index (χ1n) is 18.8. The van der Waals surface area contributed by atoms with Crippen LogP contribution in [0.4, 0.5) is 0 Å². The van der Waals surface area contributed by atoms with E-state index in [0.717, 1.165) is 29.6 Å². The van der Waals surface area contributed by atoms with E-state index in [-0.39, 0.29) is 42.4 Å². The summed E-state index contributed by atoms with van der Waals surface area (Å²) in [5, 5.41) is 11.7. The summed E-state index contributed by atoms with van der Waals surface area (Å²) >= 11 is 1.80. The highest BCUT2D eigenvalue weighted by Gasteiger charge is 2.51. The number of carbonyl (C=O) groups is 2. The van der Waals surface area contributed by atoms with Crippen LogP contribution in [0.2, 0.25) is 5.04 Å². The molecule has 2 aliphatic rings. The summed E-state index contributed by atoms with van der Waals surface area (Å²) in [5.74, 6) is -0.996. The minimum atomic E-state index is -3.30. The van der Waals surface area contributed by atoms with E-state index >= 15 is 0 Å². The molecule has 274 valence electrons. The van der Waals surface area contributed by atoms with Gasteiger partial charge in [-0.05, 0) is 77.9 Å². The van der Waals surface area contributed by atoms with Gasteiger partial charge in [0.25, 0.3) is 8.32 Å². The Balaban J connectivity index is 1.35. The van der Waals surface area contributed by atoms with Crippen molar-refractivity contribution in [1.82, 2.24) is 0 Å². The molecule has 2 heterocycles. The number of hydrogen-bond acceptors (Lipinski definition) is 6. The van der Waals surface area contributed by atoms with E-state index in [1.54, 1.807) is 11.3 Å². The number of hydrogen-bond donors (Lipinski definition) is 2. The summed E-state index contributed by atoms with van der Waals surface area (Å²) in [6.45, 7) is 5.11. The van der Waals surface area contributed by atoms with Crippen molar-refractivity contribution in [3.63, 3.8) is 0 Å². The van der Waals surface area contributed by atoms with Gasteiger partial charge >= 0.3 is 5.97 Å². The van der Waals surface area contributed by atoms with E-state index in [9.17, 15) is 14.4 Å². The van der Waals surface area contributed by atoms with Crippen LogP contribution in [0.5, 0.6) is 0 Å². The van der Waals surface area contributed by atoms with E-state index in [2.05, 4.69) is 80.6 Å². The first kappa shape index (κ1) is 38.1. The molecule has 1 aliphatic carbocycles. The molecular formula is C44H52O6SSi. The maximum Gasteiger partial charge on any atom is 0.303 e. The van der Waals surface area contributed by atoms with E-state index in [0.29, 0.717) is 38.7 Å². The predicted octanol–water partition coefficient (Wildman–Crippen LogP) is 8.78. The van der Waals surface area contributed by atoms with Crippen LogP contribution in [-0.2, 0) is 19.1 Å². The summed E-state index contributed by atoms with van der Waals surface area (Å²) < 4.78 is 13.8. The maximum absolute atomic E-state index is 13.7. The quantitative estimate of drug-likeness (QED) is 0.0679. The number of carboxylic acid groups (broad SMARTS) is 1. The number of benzene rings is 3. The summed E-state index contributed by atoms with van der Waals surface area (Å²) in [5.41, 5.74) is 0. The molecule has 1 aromatic heterocycles. The topological polar surface area (TPSA) is 93.1 Å². The van der Waals surface area contributed by atoms with Crippen LogP contribution in [0.25, 0.3) is 10.1 Å². The van der Waals surface area contributed by atoms with Crippen molar-refractivity contribution in [3.8, 4) is 0 Å². The third-order valence-electron chi connectivity index (χ3n) is 11.0. The second-order valence-electron chi connectivity index (χ2n) is 15.0. The van der Waals surface area contributed by atoms with Crippen molar-refractivity contribution in [3.05, 3.63) is 120 Å². The van der Waals surface area contributed by atoms with Gasteiger partial charge in [-0.1, -0.05) is 117 Å². The molecule has 4 aromatic rings. The number of carboxylic acids is 1. The molecule has 6 nitrogen and oxygen atoms in total. The number of unbranched alkanes of at least 4 members (excludes halogenated alkanes) is 1. The third kappa shape index (κ3) is 8.92. The fourth-order valence-corrected chi connectivity index (χ4v) is 13.0. The number of Topliss-reactive ketones (excluding diaryl/α,β-unsaturated/α-hetero) is 1. The van der Waals surface area contributed by atoms with Gasteiger partial charge < -0.3 is 19.4 Å². The lowest BCUT2D eigenvalue weighted by Gasteiger charge is -2.42. The van der Waals surface area contributed by atoms with Crippen LogP contribution in [0.1, 0.15) is 82.4 Å². The number of rotatable bonds is 16. The van der Waals surface area contributed by atoms with Gasteiger partial charge in [0.1, 0.15) is 5.78 Å². The normalized spacial score (nSPS) is 22.1. The zero-order chi connectivity index (χ0) is 36.6. The summed E-state index contributed by atoms with van der Waals surface area (Å²) in [6.07, 6.45) is 13.9. The van der Waals surface area contributed by atoms with Crippen molar-refractivity contribution >= 4 is 51.9 Å². The van der Waals surface area contributed by atoms with Crippen molar-refractivity contribution in [1.29, 1.82) is 0 Å². The smallest absolute Gasteiger partial charge is 0.303 e. The van der Waals surface area contributed by atoms with Crippen molar-refractivity contribution in [2.45, 2.75) is 95.0 Å². The van der Waals surface area contributed by atoms with Crippen molar-refractivity contribution < 1.29 is 29.0 Å². The number of fused-ring (bicyclic) bond motifs is 1. The highest BCUT2D eigenvalue weighted by molar-refractivity contribution is 7.19. The van der Waals surface area contributed by atoms with Crippen LogP contribution in [0.15, 0.2) is 115 Å². The molecule has 8 heteroatoms. The van der Waals surface area contributed by atoms with Crippen molar-refractivity contribution in [2.24, 2.45) is 11.8 Å². The summed E-state index contributed by atoms with van der Waals surface area (Å²) in [7, 11) is -3.30. The largest absolute Gasteiger partial charge is 0.481 e. The molecule has 1 saturated carbocycles. The average Bonchev–Trinajstić information content (AvgIpc) is 3.72. The lowest BCUT2D eigenvalue weighted by atomic mass is 9.87. The second kappa shape index (κ2) is 17.4. The Kier molecular flexibility index (Phi) is 12.8. The molecule has 5 atom stereocenters. The van der Waals surface area contributed by atoms with Gasteiger partial charge in [0.05, 0.1) is 6.10 Å². The Hall–Kier alpha value is -3.66. The SMILES string of the molecule is CC(C)(C[C@H](/C=C/[C@H]1[C@H](OC2CCCCO2)CC(=O)[C@@H]1C/C=C\CCCC(=O)O)c1cc2ccccc2s1)[Si](O)(c1ccccc1)c1ccccc1. The molecule has 1 aliphatic heterocycles. The van der Waals surface area contributed by atoms with Crippen molar-refractivity contribution in [2.75, 3.05) is 6.61 Å². The zero-order valence-electron chi connectivity index (χ0n) is 30.4. The lowest BCUT2D eigenvalue weighted by Crippen LogP contribution is -2.65. The predicted molar refractivity (Wildman–Crippen MR) is 213 cm³/mol.